The number of hydrogen-bond acceptors (Lipinski definition) is 7. The van der Waals surface area contributed by atoms with Gasteiger partial charge in [0.2, 0.25) is 5.95 Å². The lowest BCUT2D eigenvalue weighted by Crippen LogP contribution is -2.25. The average Bonchev–Trinajstić information content (AvgIpc) is 2.98. The maximum atomic E-state index is 13.3. The highest BCUT2D eigenvalue weighted by Gasteiger charge is 2.31. The maximum absolute atomic E-state index is 13.3. The number of nitrogens with zero attached hydrogens (tertiary/aromatic N) is 4. The quantitative estimate of drug-likeness (QED) is 0.177. The fraction of sp³-hybridized carbons (Fsp3) is 0.242. The molecule has 0 atom stereocenters. The van der Waals surface area contributed by atoms with Crippen molar-refractivity contribution in [3.8, 4) is 5.69 Å². The van der Waals surface area contributed by atoms with Crippen molar-refractivity contribution in [1.29, 1.82) is 0 Å². The minimum absolute atomic E-state index is 0.149. The summed E-state index contributed by atoms with van der Waals surface area (Å²) in [7, 11) is 0. The number of carbonyl (C=O) groups is 1. The van der Waals surface area contributed by atoms with Crippen LogP contribution in [0, 0.1) is 13.8 Å². The topological polar surface area (TPSA) is 114 Å². The van der Waals surface area contributed by atoms with Crippen molar-refractivity contribution in [2.45, 2.75) is 46.3 Å². The molecule has 2 heterocycles. The number of fused-ring (bicyclic) bond motifs is 1. The smallest absolute Gasteiger partial charge is 0.324 e. The highest BCUT2D eigenvalue weighted by atomic mass is 19.4. The van der Waals surface area contributed by atoms with Gasteiger partial charge in [0.1, 0.15) is 0 Å². The molecule has 0 aliphatic carbocycles. The Kier molecular flexibility index (Phi) is 8.96. The summed E-state index contributed by atoms with van der Waals surface area (Å²) in [6, 6.07) is 17.4. The van der Waals surface area contributed by atoms with Crippen molar-refractivity contribution < 1.29 is 18.0 Å². The summed E-state index contributed by atoms with van der Waals surface area (Å²) >= 11 is 0. The number of hydrogen-bond donors (Lipinski definition) is 3. The number of aryl methyl sites for hydroxylation is 2. The number of amides is 1. The van der Waals surface area contributed by atoms with E-state index >= 15 is 0 Å². The first-order valence-electron chi connectivity index (χ1n) is 14.3. The van der Waals surface area contributed by atoms with Crippen LogP contribution in [-0.2, 0) is 12.6 Å². The van der Waals surface area contributed by atoms with Gasteiger partial charge in [0.25, 0.3) is 5.91 Å². The van der Waals surface area contributed by atoms with Gasteiger partial charge in [-0.1, -0.05) is 38.1 Å². The first kappa shape index (κ1) is 31.3. The number of alkyl halides is 3. The van der Waals surface area contributed by atoms with Gasteiger partial charge in [-0.3, -0.25) is 9.36 Å². The zero-order valence-corrected chi connectivity index (χ0v) is 25.2. The third-order valence-electron chi connectivity index (χ3n) is 7.20. The number of carbonyl (C=O) groups excluding carboxylic acids is 1. The number of anilines is 3. The highest BCUT2D eigenvalue weighted by molar-refractivity contribution is 6.04. The van der Waals surface area contributed by atoms with Gasteiger partial charge in [-0.05, 0) is 80.4 Å². The predicted octanol–water partition coefficient (Wildman–Crippen LogP) is 6.35. The molecule has 2 aromatic heterocycles. The van der Waals surface area contributed by atoms with Gasteiger partial charge in [-0.15, -0.1) is 0 Å². The lowest BCUT2D eigenvalue weighted by atomic mass is 10.1. The van der Waals surface area contributed by atoms with Crippen LogP contribution in [0.4, 0.5) is 30.5 Å². The molecule has 0 saturated carbocycles. The molecule has 3 N–H and O–H groups in total. The van der Waals surface area contributed by atoms with Gasteiger partial charge in [0.15, 0.2) is 5.65 Å². The van der Waals surface area contributed by atoms with E-state index in [-0.39, 0.29) is 11.2 Å². The average molecular weight is 616 g/mol. The van der Waals surface area contributed by atoms with E-state index in [1.807, 2.05) is 18.2 Å². The summed E-state index contributed by atoms with van der Waals surface area (Å²) < 4.78 is 40.8. The second-order valence-electron chi connectivity index (χ2n) is 11.0. The van der Waals surface area contributed by atoms with E-state index in [0.29, 0.717) is 40.0 Å². The second kappa shape index (κ2) is 12.9. The van der Waals surface area contributed by atoms with Gasteiger partial charge in [0, 0.05) is 34.9 Å². The molecule has 0 fully saturated rings. The predicted molar refractivity (Wildman–Crippen MR) is 168 cm³/mol. The minimum atomic E-state index is -4.58. The number of nitrogens with one attached hydrogen (secondary N) is 3. The number of aromatic nitrogens is 4. The molecule has 0 radical (unpaired) electrons. The van der Waals surface area contributed by atoms with Crippen molar-refractivity contribution >= 4 is 34.3 Å². The summed E-state index contributed by atoms with van der Waals surface area (Å²) in [5.41, 5.74) is 2.49. The molecule has 1 amide bonds. The Hall–Kier alpha value is -5.10. The third kappa shape index (κ3) is 7.35. The number of halogens is 3. The first-order chi connectivity index (χ1) is 21.4. The van der Waals surface area contributed by atoms with Gasteiger partial charge < -0.3 is 16.0 Å². The van der Waals surface area contributed by atoms with Crippen LogP contribution < -0.4 is 21.6 Å². The SMILES string of the molecule is Cc1ccc(NC(=O)c2cccc(C(F)(F)F)c2)cc1-n1c(C)c2cnc(Nc3cccc(CCNC(C)C)c3)nc2nc1=O. The standard InChI is InChI=1S/C33H32F3N7O2/c1-19(2)37-14-13-22-7-5-10-25(15-22)40-31-38-18-27-21(4)43(32(45)42-29(27)41-31)28-17-26(12-11-20(28)3)39-30(44)23-8-6-9-24(16-23)33(34,35)36/h5-12,15-19,37H,13-14H2,1-4H3,(H,39,44)(H,40,41,42,45). The monoisotopic (exact) mass is 615 g/mol. The summed E-state index contributed by atoms with van der Waals surface area (Å²) in [6.07, 6.45) is -2.12. The van der Waals surface area contributed by atoms with Crippen molar-refractivity contribution in [2.75, 3.05) is 17.2 Å². The van der Waals surface area contributed by atoms with Crippen LogP contribution in [0.25, 0.3) is 16.7 Å². The molecule has 0 saturated heterocycles. The fourth-order valence-corrected chi connectivity index (χ4v) is 4.87. The summed E-state index contributed by atoms with van der Waals surface area (Å²) in [5, 5.41) is 9.76. The summed E-state index contributed by atoms with van der Waals surface area (Å²) in [4.78, 5) is 39.3. The van der Waals surface area contributed by atoms with Crippen molar-refractivity contribution in [2.24, 2.45) is 0 Å². The molecule has 12 heteroatoms. The Bertz CT molecular complexity index is 1940. The van der Waals surface area contributed by atoms with E-state index < -0.39 is 23.3 Å². The lowest BCUT2D eigenvalue weighted by molar-refractivity contribution is -0.137. The Labute approximate surface area is 257 Å². The molecule has 5 aromatic rings. The van der Waals surface area contributed by atoms with E-state index in [1.54, 1.807) is 38.2 Å². The summed E-state index contributed by atoms with van der Waals surface area (Å²) in [5.74, 6) is -0.428. The molecule has 0 bridgehead atoms. The molecule has 0 aliphatic rings. The van der Waals surface area contributed by atoms with E-state index in [1.165, 1.54) is 16.7 Å². The summed E-state index contributed by atoms with van der Waals surface area (Å²) in [6.45, 7) is 8.59. The molecule has 5 rings (SSSR count). The molecular weight excluding hydrogens is 583 g/mol. The normalized spacial score (nSPS) is 11.6. The maximum Gasteiger partial charge on any atom is 0.416 e. The van der Waals surface area contributed by atoms with Crippen LogP contribution in [0.3, 0.4) is 0 Å². The van der Waals surface area contributed by atoms with Gasteiger partial charge >= 0.3 is 11.9 Å². The third-order valence-corrected chi connectivity index (χ3v) is 7.20. The van der Waals surface area contributed by atoms with Crippen LogP contribution in [0.15, 0.2) is 77.7 Å². The van der Waals surface area contributed by atoms with Crippen molar-refractivity contribution in [1.82, 2.24) is 24.8 Å². The largest absolute Gasteiger partial charge is 0.416 e. The van der Waals surface area contributed by atoms with Crippen LogP contribution in [0.5, 0.6) is 0 Å². The molecule has 0 unspecified atom stereocenters. The van der Waals surface area contributed by atoms with E-state index in [2.05, 4.69) is 50.8 Å². The van der Waals surface area contributed by atoms with Crippen molar-refractivity contribution in [3.63, 3.8) is 0 Å². The number of rotatable bonds is 9. The molecule has 232 valence electrons. The van der Waals surface area contributed by atoms with Gasteiger partial charge in [-0.25, -0.2) is 9.78 Å². The highest BCUT2D eigenvalue weighted by Crippen LogP contribution is 2.30. The Balaban J connectivity index is 1.40. The molecule has 9 nitrogen and oxygen atoms in total. The van der Waals surface area contributed by atoms with E-state index in [0.717, 1.165) is 36.3 Å². The second-order valence-corrected chi connectivity index (χ2v) is 11.0. The molecular formula is C33H32F3N7O2. The molecule has 0 aliphatic heterocycles. The fourth-order valence-electron chi connectivity index (χ4n) is 4.87. The van der Waals surface area contributed by atoms with E-state index in [4.69, 9.17) is 0 Å². The number of benzene rings is 3. The minimum Gasteiger partial charge on any atom is -0.324 e. The van der Waals surface area contributed by atoms with E-state index in [9.17, 15) is 22.8 Å². The van der Waals surface area contributed by atoms with Crippen LogP contribution >= 0.6 is 0 Å². The first-order valence-corrected chi connectivity index (χ1v) is 14.3. The molecule has 0 spiro atoms. The molecule has 3 aromatic carbocycles. The van der Waals surface area contributed by atoms with Crippen LogP contribution in [-0.4, -0.2) is 38.0 Å². The van der Waals surface area contributed by atoms with Gasteiger partial charge in [-0.2, -0.15) is 23.1 Å². The zero-order chi connectivity index (χ0) is 32.3. The molecule has 45 heavy (non-hydrogen) atoms. The Morgan fingerprint density at radius 3 is 2.49 bits per heavy atom. The zero-order valence-electron chi connectivity index (χ0n) is 25.2. The van der Waals surface area contributed by atoms with Crippen LogP contribution in [0.2, 0.25) is 0 Å². The lowest BCUT2D eigenvalue weighted by Gasteiger charge is -2.16. The Morgan fingerprint density at radius 1 is 0.956 bits per heavy atom. The van der Waals surface area contributed by atoms with Gasteiger partial charge in [0.05, 0.1) is 16.6 Å². The Morgan fingerprint density at radius 2 is 1.73 bits per heavy atom. The van der Waals surface area contributed by atoms with Crippen molar-refractivity contribution in [3.05, 3.63) is 111 Å². The van der Waals surface area contributed by atoms with Crippen LogP contribution in [0.1, 0.15) is 46.6 Å².